The predicted molar refractivity (Wildman–Crippen MR) is 372 cm³/mol. The van der Waals surface area contributed by atoms with Crippen molar-refractivity contribution in [2.75, 3.05) is 0 Å². The van der Waals surface area contributed by atoms with Gasteiger partial charge in [-0.3, -0.25) is 0 Å². The van der Waals surface area contributed by atoms with E-state index >= 15 is 0 Å². The number of benzene rings is 7. The number of halogens is 2. The Morgan fingerprint density at radius 2 is 0.663 bits per heavy atom. The van der Waals surface area contributed by atoms with Crippen LogP contribution in [0.25, 0.3) is 57.7 Å². The van der Waals surface area contributed by atoms with Crippen LogP contribution in [0.15, 0.2) is 154 Å². The minimum atomic E-state index is 0.143. The Balaban J connectivity index is 0.000000138. The molecule has 0 amide bonds. The Hall–Kier alpha value is -5.54. The lowest BCUT2D eigenvalue weighted by Gasteiger charge is -2.26. The third kappa shape index (κ3) is 14.8. The van der Waals surface area contributed by atoms with Crippen molar-refractivity contribution < 1.29 is 0 Å². The lowest BCUT2D eigenvalue weighted by atomic mass is 9.78. The molecule has 0 saturated heterocycles. The predicted octanol–water partition coefficient (Wildman–Crippen LogP) is 24.1. The molecule has 7 aromatic rings. The van der Waals surface area contributed by atoms with E-state index in [2.05, 4.69) is 320 Å². The van der Waals surface area contributed by atoms with Gasteiger partial charge in [0, 0.05) is 15.4 Å². The zero-order valence-corrected chi connectivity index (χ0v) is 56.8. The molecule has 0 aliphatic heterocycles. The van der Waals surface area contributed by atoms with Crippen LogP contribution in [-0.4, -0.2) is 0 Å². The molecule has 7 aromatic carbocycles. The van der Waals surface area contributed by atoms with Crippen molar-refractivity contribution >= 4 is 56.2 Å². The summed E-state index contributed by atoms with van der Waals surface area (Å²) in [6, 6.07) is 48.2. The first-order valence-corrected chi connectivity index (χ1v) is 32.3. The molecule has 0 heterocycles. The maximum atomic E-state index is 3.68. The van der Waals surface area contributed by atoms with Gasteiger partial charge in [0.15, 0.2) is 0 Å². The molecule has 0 nitrogen and oxygen atoms in total. The lowest BCUT2D eigenvalue weighted by molar-refractivity contribution is 0.568. The summed E-state index contributed by atoms with van der Waals surface area (Å²) in [5.41, 5.74) is 30.7. The molecule has 0 radical (unpaired) electrons. The average Bonchev–Trinajstić information content (AvgIpc) is 2.76. The largest absolute Gasteiger partial charge is 0.0795 e. The summed E-state index contributed by atoms with van der Waals surface area (Å²) < 4.78 is 2.48. The second kappa shape index (κ2) is 23.7. The molecule has 0 N–H and O–H groups in total. The summed E-state index contributed by atoms with van der Waals surface area (Å²) in [5, 5.41) is 0. The van der Waals surface area contributed by atoms with Crippen LogP contribution in [0, 0.1) is 5.92 Å². The maximum Gasteiger partial charge on any atom is 0.0250 e. The molecule has 83 heavy (non-hydrogen) atoms. The molecule has 5 aliphatic carbocycles. The molecular formula is C81H94Br2. The molecule has 5 aliphatic rings. The van der Waals surface area contributed by atoms with Crippen molar-refractivity contribution in [3.8, 4) is 33.4 Å². The Labute approximate surface area is 519 Å². The van der Waals surface area contributed by atoms with E-state index in [4.69, 9.17) is 0 Å². The summed E-state index contributed by atoms with van der Waals surface area (Å²) in [7, 11) is 0. The van der Waals surface area contributed by atoms with Crippen molar-refractivity contribution in [2.45, 2.75) is 196 Å². The van der Waals surface area contributed by atoms with Gasteiger partial charge in [-0.2, -0.15) is 0 Å². The zero-order chi connectivity index (χ0) is 60.2. The average molecular weight is 1230 g/mol. The van der Waals surface area contributed by atoms with E-state index < -0.39 is 0 Å². The fraction of sp³-hybridized carbons (Fsp3) is 0.383. The number of allylic oxidation sites excluding steroid dienone is 4. The van der Waals surface area contributed by atoms with Crippen LogP contribution >= 0.6 is 31.9 Å². The monoisotopic (exact) mass is 1220 g/mol. The molecule has 0 spiro atoms. The lowest BCUT2D eigenvalue weighted by Crippen LogP contribution is -2.16. The van der Waals surface area contributed by atoms with Crippen molar-refractivity contribution in [1.29, 1.82) is 0 Å². The molecular weight excluding hydrogens is 1130 g/mol. The van der Waals surface area contributed by atoms with Crippen LogP contribution in [0.3, 0.4) is 0 Å². The molecule has 0 atom stereocenters. The number of rotatable bonds is 4. The number of hydrogen-bond donors (Lipinski definition) is 0. The van der Waals surface area contributed by atoms with Crippen molar-refractivity contribution in [2.24, 2.45) is 5.92 Å². The summed E-state index contributed by atoms with van der Waals surface area (Å²) >= 11 is 7.18. The highest BCUT2D eigenvalue weighted by atomic mass is 79.9. The first kappa shape index (κ1) is 62.0. The highest BCUT2D eigenvalue weighted by molar-refractivity contribution is 9.11. The van der Waals surface area contributed by atoms with Crippen molar-refractivity contribution in [1.82, 2.24) is 0 Å². The van der Waals surface area contributed by atoms with Gasteiger partial charge in [-0.25, -0.2) is 0 Å². The van der Waals surface area contributed by atoms with E-state index in [1.165, 1.54) is 139 Å². The Morgan fingerprint density at radius 3 is 1.04 bits per heavy atom. The first-order valence-electron chi connectivity index (χ1n) is 30.7. The van der Waals surface area contributed by atoms with E-state index in [0.717, 1.165) is 25.2 Å². The van der Waals surface area contributed by atoms with Gasteiger partial charge >= 0.3 is 0 Å². The van der Waals surface area contributed by atoms with Crippen LogP contribution < -0.4 is 0 Å². The van der Waals surface area contributed by atoms with E-state index in [-0.39, 0.29) is 32.5 Å². The van der Waals surface area contributed by atoms with Gasteiger partial charge < -0.3 is 0 Å². The van der Waals surface area contributed by atoms with Gasteiger partial charge in [-0.1, -0.05) is 314 Å². The smallest absolute Gasteiger partial charge is 0.0250 e. The summed E-state index contributed by atoms with van der Waals surface area (Å²) in [4.78, 5) is 0. The van der Waals surface area contributed by atoms with E-state index in [1.807, 2.05) is 0 Å². The molecule has 432 valence electrons. The Morgan fingerprint density at radius 1 is 0.337 bits per heavy atom. The van der Waals surface area contributed by atoms with Crippen molar-refractivity contribution in [3.63, 3.8) is 0 Å². The van der Waals surface area contributed by atoms with Crippen LogP contribution in [0.1, 0.15) is 215 Å². The summed E-state index contributed by atoms with van der Waals surface area (Å²) in [6.07, 6.45) is 20.8. The summed E-state index contributed by atoms with van der Waals surface area (Å²) in [5.74, 6) is 0.862. The molecule has 12 rings (SSSR count). The number of fused-ring (bicyclic) bond motifs is 4. The minimum absolute atomic E-state index is 0.143. The van der Waals surface area contributed by atoms with Gasteiger partial charge in [0.2, 0.25) is 0 Å². The van der Waals surface area contributed by atoms with E-state index in [9.17, 15) is 0 Å². The molecule has 0 bridgehead atoms. The minimum Gasteiger partial charge on any atom is -0.0795 e. The Kier molecular flexibility index (Phi) is 17.7. The molecule has 1 saturated carbocycles. The third-order valence-corrected chi connectivity index (χ3v) is 18.6. The zero-order valence-electron chi connectivity index (χ0n) is 53.7. The molecule has 0 unspecified atom stereocenters. The fourth-order valence-corrected chi connectivity index (χ4v) is 12.8. The second-order valence-corrected chi connectivity index (χ2v) is 32.4. The SMILES string of the molecule is Brc1cccc2c1C=CC2.CC(C)(C)c1cc(-c2cccc3c2C=C(Br)C3)cc(C(C)(C)C)c1.CC(C)(C)c1cc(-c2cccc3c2C=C(C2CC2)C3)cc(C(C)(C)C)c1.CC(C)(C)c1cc(-c2cccc3c2C=CC3)cc(C(C)(C)C)c1. The highest BCUT2D eigenvalue weighted by Crippen LogP contribution is 2.46. The summed E-state index contributed by atoms with van der Waals surface area (Å²) in [6.45, 7) is 41.5. The van der Waals surface area contributed by atoms with E-state index in [0.29, 0.717) is 0 Å². The second-order valence-electron chi connectivity index (χ2n) is 30.5. The maximum absolute atomic E-state index is 3.68. The molecule has 2 heteroatoms. The van der Waals surface area contributed by atoms with Gasteiger partial charge in [0.1, 0.15) is 0 Å². The van der Waals surface area contributed by atoms with Crippen LogP contribution in [-0.2, 0) is 58.2 Å². The topological polar surface area (TPSA) is 0 Å². The normalized spacial score (nSPS) is 15.2. The standard InChI is InChI=1S/C26H32.C23H27Br.C23H28.C9H7Br/c1-25(2,3)21-13-20(14-22(16-21)26(4,5)6)23-9-7-8-18-12-19(15-24(18)23)17-10-11-17;1-22(2,3)17-10-16(11-18(13-17)23(4,5)6)20-9-7-8-15-12-19(24)14-21(15)20;1-22(2,3)18-13-17(14-19(15-18)23(4,5)6)21-12-8-10-16-9-7-11-20(16)21;10-9-6-2-4-7-3-1-5-8(7)9/h7-9,13-17H,10-12H2,1-6H3;7-11,13-14H,12H2,1-6H3;7-8,10-15H,9H2,1-6H3;1-2,4-6H,3H2. The van der Waals surface area contributed by atoms with Crippen LogP contribution in [0.5, 0.6) is 0 Å². The highest BCUT2D eigenvalue weighted by Gasteiger charge is 2.31. The fourth-order valence-electron chi connectivity index (χ4n) is 11.7. The van der Waals surface area contributed by atoms with Gasteiger partial charge in [0.25, 0.3) is 0 Å². The molecule has 1 fully saturated rings. The van der Waals surface area contributed by atoms with Gasteiger partial charge in [-0.15, -0.1) is 0 Å². The van der Waals surface area contributed by atoms with Crippen molar-refractivity contribution in [3.05, 3.63) is 232 Å². The molecule has 0 aromatic heterocycles. The van der Waals surface area contributed by atoms with Crippen LogP contribution in [0.4, 0.5) is 0 Å². The van der Waals surface area contributed by atoms with E-state index in [1.54, 1.807) is 5.57 Å². The van der Waals surface area contributed by atoms with Gasteiger partial charge in [-0.05, 0) is 194 Å². The first-order chi connectivity index (χ1) is 38.7. The number of hydrogen-bond acceptors (Lipinski definition) is 0. The van der Waals surface area contributed by atoms with Gasteiger partial charge in [0.05, 0.1) is 0 Å². The third-order valence-electron chi connectivity index (χ3n) is 17.4. The quantitative estimate of drug-likeness (QED) is 0.165. The van der Waals surface area contributed by atoms with Crippen LogP contribution in [0.2, 0.25) is 0 Å². The Bertz CT molecular complexity index is 3590.